The van der Waals surface area contributed by atoms with Crippen LogP contribution in [0.3, 0.4) is 0 Å². The molecule has 0 fully saturated rings. The minimum Gasteiger partial charge on any atom is -0.444 e. The maximum Gasteiger partial charge on any atom is 0.407 e. The molecule has 24 heavy (non-hydrogen) atoms. The molecule has 0 aliphatic carbocycles. The van der Waals surface area contributed by atoms with Crippen molar-refractivity contribution >= 4 is 17.9 Å². The molecule has 1 aromatic carbocycles. The third kappa shape index (κ3) is 7.62. The molecule has 0 heterocycles. The first-order valence-corrected chi connectivity index (χ1v) is 7.81. The van der Waals surface area contributed by atoms with Gasteiger partial charge in [0, 0.05) is 12.1 Å². The van der Waals surface area contributed by atoms with E-state index in [0.717, 1.165) is 0 Å². The van der Waals surface area contributed by atoms with Crippen LogP contribution in [0.1, 0.15) is 44.0 Å². The number of nitrogens with two attached hydrogens (primary N) is 1. The summed E-state index contributed by atoms with van der Waals surface area (Å²) < 4.78 is 5.10. The van der Waals surface area contributed by atoms with E-state index in [2.05, 4.69) is 10.6 Å². The molecule has 0 aliphatic heterocycles. The summed E-state index contributed by atoms with van der Waals surface area (Å²) in [6.07, 6.45) is 0.275. The van der Waals surface area contributed by atoms with Crippen molar-refractivity contribution in [3.8, 4) is 0 Å². The Hall–Kier alpha value is -2.57. The summed E-state index contributed by atoms with van der Waals surface area (Å²) in [6.45, 7) is 5.64. The third-order valence-electron chi connectivity index (χ3n) is 3.02. The molecule has 0 aromatic heterocycles. The van der Waals surface area contributed by atoms with Gasteiger partial charge in [0.15, 0.2) is 0 Å². The van der Waals surface area contributed by atoms with Crippen LogP contribution < -0.4 is 16.4 Å². The number of hydrogen-bond donors (Lipinski definition) is 3. The Balaban J connectivity index is 2.40. The van der Waals surface area contributed by atoms with Crippen molar-refractivity contribution in [2.45, 2.75) is 45.3 Å². The molecule has 0 saturated carbocycles. The van der Waals surface area contributed by atoms with E-state index in [-0.39, 0.29) is 5.91 Å². The third-order valence-corrected chi connectivity index (χ3v) is 3.02. The Morgan fingerprint density at radius 2 is 1.79 bits per heavy atom. The second-order valence-electron chi connectivity index (χ2n) is 6.37. The molecule has 0 bridgehead atoms. The molecule has 1 atom stereocenters. The van der Waals surface area contributed by atoms with Crippen LogP contribution >= 0.6 is 0 Å². The molecule has 4 N–H and O–H groups in total. The zero-order valence-corrected chi connectivity index (χ0v) is 14.3. The lowest BCUT2D eigenvalue weighted by atomic mass is 10.1. The fourth-order valence-electron chi connectivity index (χ4n) is 1.93. The summed E-state index contributed by atoms with van der Waals surface area (Å²) in [7, 11) is 0. The van der Waals surface area contributed by atoms with Crippen LogP contribution in [0.25, 0.3) is 0 Å². The molecule has 7 heteroatoms. The number of alkyl carbamates (subject to hydrolysis) is 1. The van der Waals surface area contributed by atoms with E-state index in [0.29, 0.717) is 24.9 Å². The number of benzene rings is 1. The van der Waals surface area contributed by atoms with Crippen LogP contribution in [0.15, 0.2) is 30.3 Å². The summed E-state index contributed by atoms with van der Waals surface area (Å²) in [4.78, 5) is 35.0. The van der Waals surface area contributed by atoms with Crippen molar-refractivity contribution in [3.63, 3.8) is 0 Å². The highest BCUT2D eigenvalue weighted by Crippen LogP contribution is 2.06. The molecule has 1 rings (SSSR count). The van der Waals surface area contributed by atoms with Crippen molar-refractivity contribution in [1.29, 1.82) is 0 Å². The first-order valence-electron chi connectivity index (χ1n) is 7.81. The highest BCUT2D eigenvalue weighted by Gasteiger charge is 2.19. The number of amides is 3. The van der Waals surface area contributed by atoms with Gasteiger partial charge in [0.05, 0.1) is 0 Å². The average molecular weight is 335 g/mol. The molecule has 7 nitrogen and oxygen atoms in total. The van der Waals surface area contributed by atoms with Crippen molar-refractivity contribution < 1.29 is 19.1 Å². The van der Waals surface area contributed by atoms with Gasteiger partial charge in [0.1, 0.15) is 11.6 Å². The van der Waals surface area contributed by atoms with E-state index in [4.69, 9.17) is 10.5 Å². The first kappa shape index (κ1) is 19.5. The Bertz CT molecular complexity index is 567. The summed E-state index contributed by atoms with van der Waals surface area (Å²) >= 11 is 0. The Kier molecular flexibility index (Phi) is 7.23. The number of ether oxygens (including phenoxy) is 1. The normalized spacial score (nSPS) is 12.1. The van der Waals surface area contributed by atoms with Gasteiger partial charge in [-0.3, -0.25) is 9.59 Å². The smallest absolute Gasteiger partial charge is 0.407 e. The molecule has 0 radical (unpaired) electrons. The Labute approximate surface area is 141 Å². The van der Waals surface area contributed by atoms with Crippen LogP contribution in [-0.2, 0) is 9.53 Å². The van der Waals surface area contributed by atoms with Gasteiger partial charge in [-0.15, -0.1) is 0 Å². The highest BCUT2D eigenvalue weighted by molar-refractivity contribution is 5.97. The minimum atomic E-state index is -0.793. The molecule has 3 amide bonds. The zero-order chi connectivity index (χ0) is 18.2. The molecule has 0 spiro atoms. The van der Waals surface area contributed by atoms with Crippen LogP contribution in [0, 0.1) is 0 Å². The van der Waals surface area contributed by atoms with Crippen molar-refractivity contribution in [2.75, 3.05) is 6.54 Å². The lowest BCUT2D eigenvalue weighted by molar-refractivity contribution is -0.120. The lowest BCUT2D eigenvalue weighted by Crippen LogP contribution is -2.44. The molecule has 0 saturated heterocycles. The van der Waals surface area contributed by atoms with Gasteiger partial charge in [0.2, 0.25) is 5.91 Å². The highest BCUT2D eigenvalue weighted by atomic mass is 16.6. The lowest BCUT2D eigenvalue weighted by Gasteiger charge is -2.20. The number of hydrogen-bond acceptors (Lipinski definition) is 4. The van der Waals surface area contributed by atoms with Gasteiger partial charge in [-0.2, -0.15) is 0 Å². The van der Waals surface area contributed by atoms with Crippen LogP contribution in [0.5, 0.6) is 0 Å². The Morgan fingerprint density at radius 1 is 1.17 bits per heavy atom. The van der Waals surface area contributed by atoms with Gasteiger partial charge in [0.25, 0.3) is 5.91 Å². The van der Waals surface area contributed by atoms with Gasteiger partial charge in [-0.25, -0.2) is 4.79 Å². The van der Waals surface area contributed by atoms with Gasteiger partial charge in [-0.05, 0) is 45.7 Å². The Morgan fingerprint density at radius 3 is 2.33 bits per heavy atom. The maximum atomic E-state index is 12.0. The second kappa shape index (κ2) is 8.90. The molecular formula is C17H25N3O4. The van der Waals surface area contributed by atoms with Gasteiger partial charge < -0.3 is 21.1 Å². The van der Waals surface area contributed by atoms with Gasteiger partial charge >= 0.3 is 6.09 Å². The first-order chi connectivity index (χ1) is 11.2. The molecule has 0 aliphatic rings. The summed E-state index contributed by atoms with van der Waals surface area (Å²) in [5.74, 6) is -0.976. The van der Waals surface area contributed by atoms with Gasteiger partial charge in [-0.1, -0.05) is 18.2 Å². The van der Waals surface area contributed by atoms with E-state index in [9.17, 15) is 14.4 Å². The van der Waals surface area contributed by atoms with Crippen molar-refractivity contribution in [1.82, 2.24) is 10.6 Å². The standard InChI is InChI=1S/C17H25N3O4/c1-17(2,3)24-16(23)19-11-7-10-13(14(18)21)20-15(22)12-8-5-4-6-9-12/h4-6,8-9,13H,7,10-11H2,1-3H3,(H2,18,21)(H,19,23)(H,20,22)/t13-/m0/s1. The predicted octanol–water partition coefficient (Wildman–Crippen LogP) is 1.58. The topological polar surface area (TPSA) is 111 Å². The minimum absolute atomic E-state index is 0.319. The number of nitrogens with one attached hydrogen (secondary N) is 2. The van der Waals surface area contributed by atoms with E-state index in [1.165, 1.54) is 0 Å². The van der Waals surface area contributed by atoms with E-state index in [1.54, 1.807) is 51.1 Å². The number of carbonyl (C=O) groups excluding carboxylic acids is 3. The molecule has 132 valence electrons. The van der Waals surface area contributed by atoms with E-state index >= 15 is 0 Å². The van der Waals surface area contributed by atoms with E-state index < -0.39 is 23.6 Å². The fraction of sp³-hybridized carbons (Fsp3) is 0.471. The fourth-order valence-corrected chi connectivity index (χ4v) is 1.93. The summed E-state index contributed by atoms with van der Waals surface area (Å²) in [6, 6.07) is 7.77. The van der Waals surface area contributed by atoms with Crippen molar-refractivity contribution in [3.05, 3.63) is 35.9 Å². The number of primary amides is 1. The van der Waals surface area contributed by atoms with Crippen molar-refractivity contribution in [2.24, 2.45) is 5.73 Å². The second-order valence-corrected chi connectivity index (χ2v) is 6.37. The average Bonchev–Trinajstić information content (AvgIpc) is 2.49. The quantitative estimate of drug-likeness (QED) is 0.657. The zero-order valence-electron chi connectivity index (χ0n) is 14.3. The monoisotopic (exact) mass is 335 g/mol. The van der Waals surface area contributed by atoms with E-state index in [1.807, 2.05) is 0 Å². The summed E-state index contributed by atoms with van der Waals surface area (Å²) in [5.41, 5.74) is 5.21. The largest absolute Gasteiger partial charge is 0.444 e. The van der Waals surface area contributed by atoms with Crippen LogP contribution in [0.4, 0.5) is 4.79 Å². The summed E-state index contributed by atoms with van der Waals surface area (Å²) in [5, 5.41) is 5.19. The SMILES string of the molecule is CC(C)(C)OC(=O)NCCC[C@H](NC(=O)c1ccccc1)C(N)=O. The molecular weight excluding hydrogens is 310 g/mol. The maximum absolute atomic E-state index is 12.0. The number of carbonyl (C=O) groups is 3. The molecule has 0 unspecified atom stereocenters. The molecule has 1 aromatic rings. The number of rotatable bonds is 7. The van der Waals surface area contributed by atoms with Crippen LogP contribution in [-0.4, -0.2) is 36.1 Å². The van der Waals surface area contributed by atoms with Crippen LogP contribution in [0.2, 0.25) is 0 Å². The predicted molar refractivity (Wildman–Crippen MR) is 90.4 cm³/mol.